The number of anilines is 1. The summed E-state index contributed by atoms with van der Waals surface area (Å²) in [7, 11) is 0. The maximum atomic E-state index is 5.44. The predicted molar refractivity (Wildman–Crippen MR) is 41.0 cm³/mol. The van der Waals surface area contributed by atoms with Gasteiger partial charge in [0.15, 0.2) is 11.6 Å². The highest BCUT2D eigenvalue weighted by Gasteiger charge is 1.98. The third-order valence-corrected chi connectivity index (χ3v) is 1.08. The molecule has 0 saturated carbocycles. The molecule has 4 N–H and O–H groups in total. The summed E-state index contributed by atoms with van der Waals surface area (Å²) in [6, 6.07) is 0. The number of ether oxygens (including phenoxy) is 1. The van der Waals surface area contributed by atoms with Gasteiger partial charge in [-0.3, -0.25) is 0 Å². The first kappa shape index (κ1) is 7.74. The molecule has 0 aromatic carbocycles. The minimum absolute atomic E-state index is 0.341. The van der Waals surface area contributed by atoms with Crippen LogP contribution in [0.5, 0.6) is 5.75 Å². The van der Waals surface area contributed by atoms with E-state index in [-0.39, 0.29) is 0 Å². The molecule has 11 heavy (non-hydrogen) atoms. The molecule has 60 valence electrons. The Balaban J connectivity index is 2.62. The van der Waals surface area contributed by atoms with Crippen molar-refractivity contribution >= 4 is 5.82 Å². The lowest BCUT2D eigenvalue weighted by molar-refractivity contribution is 0.327. The van der Waals surface area contributed by atoms with Crippen molar-refractivity contribution in [2.75, 3.05) is 18.9 Å². The highest BCUT2D eigenvalue weighted by atomic mass is 16.5. The number of hydrogen-bond acceptors (Lipinski definition) is 5. The van der Waals surface area contributed by atoms with E-state index >= 15 is 0 Å². The summed E-state index contributed by atoms with van der Waals surface area (Å²) >= 11 is 0. The van der Waals surface area contributed by atoms with Crippen LogP contribution < -0.4 is 16.2 Å². The fourth-order valence-corrected chi connectivity index (χ4v) is 0.606. The van der Waals surface area contributed by atoms with Crippen molar-refractivity contribution in [3.8, 4) is 5.75 Å². The van der Waals surface area contributed by atoms with E-state index in [0.29, 0.717) is 24.7 Å². The fourth-order valence-electron chi connectivity index (χ4n) is 0.606. The molecule has 0 unspecified atom stereocenters. The molecule has 0 spiro atoms. The SMILES string of the molecule is NCCOc1cncnc1N. The Bertz CT molecular complexity index is 228. The molecule has 5 heteroatoms. The van der Waals surface area contributed by atoms with Gasteiger partial charge in [-0.05, 0) is 0 Å². The summed E-state index contributed by atoms with van der Waals surface area (Å²) in [5, 5.41) is 0. The van der Waals surface area contributed by atoms with Crippen molar-refractivity contribution in [3.05, 3.63) is 12.5 Å². The van der Waals surface area contributed by atoms with Crippen LogP contribution in [-0.2, 0) is 0 Å². The third kappa shape index (κ3) is 2.05. The van der Waals surface area contributed by atoms with Gasteiger partial charge in [0.1, 0.15) is 12.9 Å². The quantitative estimate of drug-likeness (QED) is 0.606. The van der Waals surface area contributed by atoms with Gasteiger partial charge in [-0.15, -0.1) is 0 Å². The summed E-state index contributed by atoms with van der Waals surface area (Å²) in [6.45, 7) is 0.881. The van der Waals surface area contributed by atoms with Crippen LogP contribution in [0, 0.1) is 0 Å². The maximum absolute atomic E-state index is 5.44. The van der Waals surface area contributed by atoms with Crippen molar-refractivity contribution in [1.82, 2.24) is 9.97 Å². The van der Waals surface area contributed by atoms with Gasteiger partial charge in [0, 0.05) is 6.54 Å². The van der Waals surface area contributed by atoms with E-state index in [1.807, 2.05) is 0 Å². The van der Waals surface area contributed by atoms with E-state index in [4.69, 9.17) is 16.2 Å². The van der Waals surface area contributed by atoms with E-state index in [1.54, 1.807) is 0 Å². The van der Waals surface area contributed by atoms with Gasteiger partial charge in [-0.1, -0.05) is 0 Å². The Morgan fingerprint density at radius 3 is 3.00 bits per heavy atom. The number of nitrogen functional groups attached to an aromatic ring is 1. The summed E-state index contributed by atoms with van der Waals surface area (Å²) in [5.41, 5.74) is 10.7. The number of hydrogen-bond donors (Lipinski definition) is 2. The second-order valence-corrected chi connectivity index (χ2v) is 1.91. The largest absolute Gasteiger partial charge is 0.487 e. The monoisotopic (exact) mass is 154 g/mol. The lowest BCUT2D eigenvalue weighted by Gasteiger charge is -2.04. The first-order valence-electron chi connectivity index (χ1n) is 3.23. The van der Waals surface area contributed by atoms with Crippen LogP contribution in [0.25, 0.3) is 0 Å². The average molecular weight is 154 g/mol. The topological polar surface area (TPSA) is 87.0 Å². The molecule has 0 saturated heterocycles. The van der Waals surface area contributed by atoms with Crippen molar-refractivity contribution in [2.45, 2.75) is 0 Å². The standard InChI is InChI=1S/C6H10N4O/c7-1-2-11-5-3-9-4-10-6(5)8/h3-4H,1-2,7H2,(H2,8,9,10). The van der Waals surface area contributed by atoms with E-state index in [9.17, 15) is 0 Å². The minimum atomic E-state index is 0.341. The fraction of sp³-hybridized carbons (Fsp3) is 0.333. The van der Waals surface area contributed by atoms with Crippen LogP contribution in [0.1, 0.15) is 0 Å². The van der Waals surface area contributed by atoms with Gasteiger partial charge in [0.2, 0.25) is 0 Å². The summed E-state index contributed by atoms with van der Waals surface area (Å²) < 4.78 is 5.11. The Morgan fingerprint density at radius 1 is 1.55 bits per heavy atom. The molecule has 5 nitrogen and oxygen atoms in total. The van der Waals surface area contributed by atoms with Gasteiger partial charge in [-0.2, -0.15) is 0 Å². The summed E-state index contributed by atoms with van der Waals surface area (Å²) in [5.74, 6) is 0.825. The van der Waals surface area contributed by atoms with Gasteiger partial charge in [0.05, 0.1) is 6.20 Å². The maximum Gasteiger partial charge on any atom is 0.179 e. The Labute approximate surface area is 64.4 Å². The molecule has 0 bridgehead atoms. The molecule has 0 aliphatic heterocycles. The number of nitrogens with two attached hydrogens (primary N) is 2. The normalized spacial score (nSPS) is 9.55. The van der Waals surface area contributed by atoms with Gasteiger partial charge in [-0.25, -0.2) is 9.97 Å². The summed E-state index contributed by atoms with van der Waals surface area (Å²) in [4.78, 5) is 7.47. The molecule has 1 aromatic heterocycles. The average Bonchev–Trinajstić information content (AvgIpc) is 2.03. The second-order valence-electron chi connectivity index (χ2n) is 1.91. The van der Waals surface area contributed by atoms with E-state index in [0.717, 1.165) is 0 Å². The zero-order valence-electron chi connectivity index (χ0n) is 6.03. The van der Waals surface area contributed by atoms with Crippen LogP contribution in [0.2, 0.25) is 0 Å². The first-order valence-corrected chi connectivity index (χ1v) is 3.23. The molecule has 1 heterocycles. The molecule has 0 radical (unpaired) electrons. The summed E-state index contributed by atoms with van der Waals surface area (Å²) in [6.07, 6.45) is 2.88. The van der Waals surface area contributed by atoms with Crippen LogP contribution in [0.3, 0.4) is 0 Å². The van der Waals surface area contributed by atoms with Crippen LogP contribution in [-0.4, -0.2) is 23.1 Å². The molecule has 0 atom stereocenters. The van der Waals surface area contributed by atoms with E-state index in [1.165, 1.54) is 12.5 Å². The Kier molecular flexibility index (Phi) is 2.62. The molecule has 0 aliphatic carbocycles. The van der Waals surface area contributed by atoms with Gasteiger partial charge in [0.25, 0.3) is 0 Å². The van der Waals surface area contributed by atoms with Crippen LogP contribution in [0.15, 0.2) is 12.5 Å². The number of nitrogens with zero attached hydrogens (tertiary/aromatic N) is 2. The first-order chi connectivity index (χ1) is 5.34. The molecule has 1 rings (SSSR count). The molecular weight excluding hydrogens is 144 g/mol. The lowest BCUT2D eigenvalue weighted by Crippen LogP contribution is -2.11. The van der Waals surface area contributed by atoms with Crippen LogP contribution >= 0.6 is 0 Å². The molecule has 0 fully saturated rings. The molecule has 0 aliphatic rings. The van der Waals surface area contributed by atoms with Crippen LogP contribution in [0.4, 0.5) is 5.82 Å². The number of rotatable bonds is 3. The zero-order valence-corrected chi connectivity index (χ0v) is 6.03. The third-order valence-electron chi connectivity index (χ3n) is 1.08. The molecule has 0 amide bonds. The highest BCUT2D eigenvalue weighted by molar-refractivity contribution is 5.42. The Morgan fingerprint density at radius 2 is 2.36 bits per heavy atom. The molecular formula is C6H10N4O. The minimum Gasteiger partial charge on any atom is -0.487 e. The smallest absolute Gasteiger partial charge is 0.179 e. The van der Waals surface area contributed by atoms with Crippen molar-refractivity contribution in [1.29, 1.82) is 0 Å². The Hall–Kier alpha value is -1.36. The lowest BCUT2D eigenvalue weighted by atomic mass is 10.5. The number of aromatic nitrogens is 2. The predicted octanol–water partition coefficient (Wildman–Crippen LogP) is -0.604. The van der Waals surface area contributed by atoms with Crippen molar-refractivity contribution < 1.29 is 4.74 Å². The molecule has 1 aromatic rings. The highest BCUT2D eigenvalue weighted by Crippen LogP contribution is 2.14. The van der Waals surface area contributed by atoms with Gasteiger partial charge >= 0.3 is 0 Å². The van der Waals surface area contributed by atoms with Crippen molar-refractivity contribution in [2.24, 2.45) is 5.73 Å². The van der Waals surface area contributed by atoms with Crippen molar-refractivity contribution in [3.63, 3.8) is 0 Å². The zero-order chi connectivity index (χ0) is 8.10. The van der Waals surface area contributed by atoms with E-state index in [2.05, 4.69) is 9.97 Å². The van der Waals surface area contributed by atoms with E-state index < -0.39 is 0 Å². The second kappa shape index (κ2) is 3.72. The van der Waals surface area contributed by atoms with Gasteiger partial charge < -0.3 is 16.2 Å².